The summed E-state index contributed by atoms with van der Waals surface area (Å²) in [7, 11) is 0. The number of pyridine rings is 1. The van der Waals surface area contributed by atoms with Gasteiger partial charge in [-0.2, -0.15) is 0 Å². The molecule has 80 valence electrons. The third-order valence-corrected chi connectivity index (χ3v) is 3.72. The molecule has 0 radical (unpaired) electrons. The van der Waals surface area contributed by atoms with Crippen molar-refractivity contribution in [1.29, 1.82) is 0 Å². The number of nitrogens with zero attached hydrogens (tertiary/aromatic N) is 1. The first kappa shape index (κ1) is 9.59. The van der Waals surface area contributed by atoms with Crippen LogP contribution in [0.2, 0.25) is 0 Å². The van der Waals surface area contributed by atoms with Gasteiger partial charge >= 0.3 is 0 Å². The monoisotopic (exact) mass is 209 g/mol. The molecular formula is C15H15N. The lowest BCUT2D eigenvalue weighted by Crippen LogP contribution is -2.21. The maximum Gasteiger partial charge on any atom is 0.0538 e. The first-order valence-electron chi connectivity index (χ1n) is 5.80. The van der Waals surface area contributed by atoms with Gasteiger partial charge in [0.05, 0.1) is 5.69 Å². The molecule has 1 aromatic heterocycles. The Balaban J connectivity index is 2.15. The molecule has 0 bridgehead atoms. The SMILES string of the molecule is CC1(c2ccccc2)CCc2cccnc21. The van der Waals surface area contributed by atoms with E-state index in [4.69, 9.17) is 0 Å². The van der Waals surface area contributed by atoms with Gasteiger partial charge in [0.2, 0.25) is 0 Å². The van der Waals surface area contributed by atoms with Crippen molar-refractivity contribution < 1.29 is 0 Å². The number of aromatic nitrogens is 1. The average Bonchev–Trinajstić information content (AvgIpc) is 2.71. The molecule has 1 heterocycles. The Hall–Kier alpha value is -1.63. The highest BCUT2D eigenvalue weighted by Crippen LogP contribution is 2.42. The van der Waals surface area contributed by atoms with Crippen molar-refractivity contribution in [3.8, 4) is 0 Å². The van der Waals surface area contributed by atoms with Crippen molar-refractivity contribution in [3.05, 3.63) is 65.5 Å². The minimum absolute atomic E-state index is 0.109. The quantitative estimate of drug-likeness (QED) is 0.702. The highest BCUT2D eigenvalue weighted by Gasteiger charge is 2.36. The van der Waals surface area contributed by atoms with Crippen molar-refractivity contribution >= 4 is 0 Å². The first-order chi connectivity index (χ1) is 7.81. The van der Waals surface area contributed by atoms with Crippen LogP contribution < -0.4 is 0 Å². The van der Waals surface area contributed by atoms with Crippen LogP contribution >= 0.6 is 0 Å². The van der Waals surface area contributed by atoms with Crippen LogP contribution in [0.4, 0.5) is 0 Å². The van der Waals surface area contributed by atoms with Gasteiger partial charge < -0.3 is 0 Å². The second-order valence-electron chi connectivity index (χ2n) is 4.71. The van der Waals surface area contributed by atoms with E-state index < -0.39 is 0 Å². The van der Waals surface area contributed by atoms with Crippen molar-refractivity contribution in [2.45, 2.75) is 25.2 Å². The summed E-state index contributed by atoms with van der Waals surface area (Å²) in [4.78, 5) is 4.59. The summed E-state index contributed by atoms with van der Waals surface area (Å²) in [6.07, 6.45) is 4.23. The third kappa shape index (κ3) is 1.28. The van der Waals surface area contributed by atoms with Crippen LogP contribution in [-0.4, -0.2) is 4.98 Å². The lowest BCUT2D eigenvalue weighted by Gasteiger charge is -2.24. The van der Waals surface area contributed by atoms with Crippen LogP contribution in [-0.2, 0) is 11.8 Å². The topological polar surface area (TPSA) is 12.9 Å². The van der Waals surface area contributed by atoms with Crippen molar-refractivity contribution in [3.63, 3.8) is 0 Å². The van der Waals surface area contributed by atoms with Gasteiger partial charge in [-0.15, -0.1) is 0 Å². The molecule has 0 aliphatic heterocycles. The van der Waals surface area contributed by atoms with E-state index in [1.165, 1.54) is 23.2 Å². The van der Waals surface area contributed by atoms with Crippen LogP contribution in [0, 0.1) is 0 Å². The number of benzene rings is 1. The highest BCUT2D eigenvalue weighted by atomic mass is 14.7. The van der Waals surface area contributed by atoms with E-state index in [1.54, 1.807) is 0 Å². The molecule has 2 aromatic rings. The number of rotatable bonds is 1. The van der Waals surface area contributed by atoms with Crippen LogP contribution in [0.15, 0.2) is 48.7 Å². The summed E-state index contributed by atoms with van der Waals surface area (Å²) in [6.45, 7) is 2.31. The molecule has 1 aliphatic rings. The standard InChI is InChI=1S/C15H15N/c1-15(13-7-3-2-4-8-13)10-9-12-6-5-11-16-14(12)15/h2-8,11H,9-10H2,1H3. The van der Waals surface area contributed by atoms with Gasteiger partial charge in [0, 0.05) is 11.6 Å². The van der Waals surface area contributed by atoms with E-state index in [1.807, 2.05) is 12.3 Å². The average molecular weight is 209 g/mol. The Morgan fingerprint density at radius 2 is 1.88 bits per heavy atom. The molecule has 1 aliphatic carbocycles. The zero-order valence-electron chi connectivity index (χ0n) is 9.48. The van der Waals surface area contributed by atoms with Crippen LogP contribution in [0.5, 0.6) is 0 Å². The molecular weight excluding hydrogens is 194 g/mol. The summed E-state index contributed by atoms with van der Waals surface area (Å²) < 4.78 is 0. The fourth-order valence-electron chi connectivity index (χ4n) is 2.73. The molecule has 0 saturated heterocycles. The van der Waals surface area contributed by atoms with E-state index in [0.717, 1.165) is 6.42 Å². The largest absolute Gasteiger partial charge is 0.260 e. The Kier molecular flexibility index (Phi) is 2.06. The molecule has 0 spiro atoms. The second kappa shape index (κ2) is 3.44. The molecule has 1 atom stereocenters. The maximum atomic E-state index is 4.59. The smallest absolute Gasteiger partial charge is 0.0538 e. The zero-order chi connectivity index (χ0) is 11.0. The highest BCUT2D eigenvalue weighted by molar-refractivity contribution is 5.42. The van der Waals surface area contributed by atoms with Gasteiger partial charge in [0.15, 0.2) is 0 Å². The van der Waals surface area contributed by atoms with Crippen LogP contribution in [0.3, 0.4) is 0 Å². The van der Waals surface area contributed by atoms with Gasteiger partial charge in [-0.3, -0.25) is 4.98 Å². The summed E-state index contributed by atoms with van der Waals surface area (Å²) >= 11 is 0. The minimum Gasteiger partial charge on any atom is -0.260 e. The predicted molar refractivity (Wildman–Crippen MR) is 65.5 cm³/mol. The van der Waals surface area contributed by atoms with E-state index in [2.05, 4.69) is 48.3 Å². The molecule has 0 saturated carbocycles. The Morgan fingerprint density at radius 3 is 2.69 bits per heavy atom. The lowest BCUT2D eigenvalue weighted by atomic mass is 9.80. The van der Waals surface area contributed by atoms with Gasteiger partial charge in [-0.1, -0.05) is 36.4 Å². The lowest BCUT2D eigenvalue weighted by molar-refractivity contribution is 0.552. The predicted octanol–water partition coefficient (Wildman–Crippen LogP) is 3.33. The van der Waals surface area contributed by atoms with Crippen molar-refractivity contribution in [2.75, 3.05) is 0 Å². The second-order valence-corrected chi connectivity index (χ2v) is 4.71. The summed E-state index contributed by atoms with van der Waals surface area (Å²) in [5.41, 5.74) is 4.17. The molecule has 16 heavy (non-hydrogen) atoms. The summed E-state index contributed by atoms with van der Waals surface area (Å²) in [5, 5.41) is 0. The molecule has 3 rings (SSSR count). The van der Waals surface area contributed by atoms with Gasteiger partial charge in [0.25, 0.3) is 0 Å². The molecule has 0 N–H and O–H groups in total. The molecule has 0 amide bonds. The van der Waals surface area contributed by atoms with Gasteiger partial charge in [0.1, 0.15) is 0 Å². The van der Waals surface area contributed by atoms with E-state index >= 15 is 0 Å². The molecule has 0 fully saturated rings. The summed E-state index contributed by atoms with van der Waals surface area (Å²) in [5.74, 6) is 0. The molecule has 1 heteroatoms. The zero-order valence-corrected chi connectivity index (χ0v) is 9.48. The number of hydrogen-bond acceptors (Lipinski definition) is 1. The van der Waals surface area contributed by atoms with E-state index in [0.29, 0.717) is 0 Å². The number of aryl methyl sites for hydroxylation is 1. The Bertz CT molecular complexity index is 504. The van der Waals surface area contributed by atoms with Crippen molar-refractivity contribution in [1.82, 2.24) is 4.98 Å². The minimum atomic E-state index is 0.109. The fraction of sp³-hybridized carbons (Fsp3) is 0.267. The molecule has 1 nitrogen and oxygen atoms in total. The molecule has 1 aromatic carbocycles. The number of hydrogen-bond donors (Lipinski definition) is 0. The van der Waals surface area contributed by atoms with Crippen LogP contribution in [0.25, 0.3) is 0 Å². The van der Waals surface area contributed by atoms with Gasteiger partial charge in [-0.05, 0) is 37.0 Å². The molecule has 1 unspecified atom stereocenters. The third-order valence-electron chi connectivity index (χ3n) is 3.72. The van der Waals surface area contributed by atoms with E-state index in [9.17, 15) is 0 Å². The maximum absolute atomic E-state index is 4.59. The number of fused-ring (bicyclic) bond motifs is 1. The van der Waals surface area contributed by atoms with Crippen LogP contribution in [0.1, 0.15) is 30.2 Å². The van der Waals surface area contributed by atoms with Gasteiger partial charge in [-0.25, -0.2) is 0 Å². The first-order valence-corrected chi connectivity index (χ1v) is 5.80. The normalized spacial score (nSPS) is 23.1. The fourth-order valence-corrected chi connectivity index (χ4v) is 2.73. The Labute approximate surface area is 96.2 Å². The van der Waals surface area contributed by atoms with E-state index in [-0.39, 0.29) is 5.41 Å². The Morgan fingerprint density at radius 1 is 1.06 bits per heavy atom. The van der Waals surface area contributed by atoms with Crippen molar-refractivity contribution in [2.24, 2.45) is 0 Å². The summed E-state index contributed by atoms with van der Waals surface area (Å²) in [6, 6.07) is 15.0.